The van der Waals surface area contributed by atoms with E-state index in [0.29, 0.717) is 12.8 Å². The standard InChI is InChI=1S/C14H25NO4/c1-14(2,9-8-13(17)18)15-12(16)7-6-11-5-3-4-10-19-11/h11H,3-10H2,1-2H3,(H,15,16)(H,17,18). The molecule has 2 N–H and O–H groups in total. The molecule has 1 unspecified atom stereocenters. The number of rotatable bonds is 7. The summed E-state index contributed by atoms with van der Waals surface area (Å²) in [6.07, 6.45) is 5.24. The van der Waals surface area contributed by atoms with Crippen LogP contribution in [0.25, 0.3) is 0 Å². The molecule has 0 radical (unpaired) electrons. The van der Waals surface area contributed by atoms with E-state index in [-0.39, 0.29) is 18.4 Å². The van der Waals surface area contributed by atoms with E-state index in [2.05, 4.69) is 5.32 Å². The summed E-state index contributed by atoms with van der Waals surface area (Å²) in [7, 11) is 0. The lowest BCUT2D eigenvalue weighted by Crippen LogP contribution is -2.44. The van der Waals surface area contributed by atoms with Gasteiger partial charge in [0.25, 0.3) is 0 Å². The Morgan fingerprint density at radius 2 is 2.05 bits per heavy atom. The lowest BCUT2D eigenvalue weighted by molar-refractivity contribution is -0.137. The molecule has 1 heterocycles. The van der Waals surface area contributed by atoms with Crippen LogP contribution in [0.3, 0.4) is 0 Å². The van der Waals surface area contributed by atoms with Crippen molar-refractivity contribution in [2.45, 2.75) is 70.4 Å². The highest BCUT2D eigenvalue weighted by molar-refractivity contribution is 5.76. The average Bonchev–Trinajstić information content (AvgIpc) is 2.35. The number of hydrogen-bond donors (Lipinski definition) is 2. The quantitative estimate of drug-likeness (QED) is 0.743. The summed E-state index contributed by atoms with van der Waals surface area (Å²) in [6.45, 7) is 4.51. The maximum atomic E-state index is 11.8. The van der Waals surface area contributed by atoms with E-state index in [0.717, 1.165) is 25.9 Å². The van der Waals surface area contributed by atoms with Crippen LogP contribution in [0, 0.1) is 0 Å². The zero-order valence-corrected chi connectivity index (χ0v) is 11.9. The van der Waals surface area contributed by atoms with Crippen LogP contribution in [0.1, 0.15) is 58.8 Å². The Kier molecular flexibility index (Phi) is 6.28. The predicted molar refractivity (Wildman–Crippen MR) is 71.9 cm³/mol. The highest BCUT2D eigenvalue weighted by Crippen LogP contribution is 2.17. The minimum Gasteiger partial charge on any atom is -0.481 e. The molecule has 110 valence electrons. The Morgan fingerprint density at radius 1 is 1.32 bits per heavy atom. The Labute approximate surface area is 114 Å². The van der Waals surface area contributed by atoms with Crippen LogP contribution in [0.15, 0.2) is 0 Å². The Hall–Kier alpha value is -1.10. The zero-order chi connectivity index (χ0) is 14.3. The van der Waals surface area contributed by atoms with Gasteiger partial charge in [-0.15, -0.1) is 0 Å². The molecule has 0 bridgehead atoms. The van der Waals surface area contributed by atoms with Crippen LogP contribution in [0.2, 0.25) is 0 Å². The first-order chi connectivity index (χ1) is 8.89. The van der Waals surface area contributed by atoms with Crippen LogP contribution in [0.4, 0.5) is 0 Å². The van der Waals surface area contributed by atoms with E-state index in [4.69, 9.17) is 9.84 Å². The van der Waals surface area contributed by atoms with E-state index in [1.807, 2.05) is 13.8 Å². The fourth-order valence-electron chi connectivity index (χ4n) is 2.25. The van der Waals surface area contributed by atoms with Crippen molar-refractivity contribution in [2.75, 3.05) is 6.61 Å². The molecule has 5 nitrogen and oxygen atoms in total. The van der Waals surface area contributed by atoms with Gasteiger partial charge < -0.3 is 15.2 Å². The molecule has 1 rings (SSSR count). The van der Waals surface area contributed by atoms with E-state index < -0.39 is 11.5 Å². The van der Waals surface area contributed by atoms with Gasteiger partial charge in [0.15, 0.2) is 0 Å². The highest BCUT2D eigenvalue weighted by Gasteiger charge is 2.22. The van der Waals surface area contributed by atoms with Crippen LogP contribution >= 0.6 is 0 Å². The van der Waals surface area contributed by atoms with Gasteiger partial charge in [0.1, 0.15) is 0 Å². The SMILES string of the molecule is CC(C)(CCC(=O)O)NC(=O)CCC1CCCCO1. The summed E-state index contributed by atoms with van der Waals surface area (Å²) >= 11 is 0. The first-order valence-electron chi connectivity index (χ1n) is 7.03. The number of carbonyl (C=O) groups excluding carboxylic acids is 1. The molecule has 0 saturated carbocycles. The van der Waals surface area contributed by atoms with Crippen LogP contribution in [0.5, 0.6) is 0 Å². The van der Waals surface area contributed by atoms with Crippen molar-refractivity contribution in [1.82, 2.24) is 5.32 Å². The molecule has 5 heteroatoms. The van der Waals surface area contributed by atoms with Gasteiger partial charge in [-0.1, -0.05) is 0 Å². The molecule has 0 aromatic carbocycles. The molecule has 0 spiro atoms. The van der Waals surface area contributed by atoms with Gasteiger partial charge in [-0.05, 0) is 46.0 Å². The third-order valence-corrected chi connectivity index (χ3v) is 3.41. The summed E-state index contributed by atoms with van der Waals surface area (Å²) in [5.74, 6) is -0.859. The second-order valence-electron chi connectivity index (χ2n) is 5.85. The molecule has 1 atom stereocenters. The first-order valence-corrected chi connectivity index (χ1v) is 7.03. The van der Waals surface area contributed by atoms with Crippen molar-refractivity contribution in [3.8, 4) is 0 Å². The summed E-state index contributed by atoms with van der Waals surface area (Å²) < 4.78 is 5.58. The van der Waals surface area contributed by atoms with E-state index >= 15 is 0 Å². The second kappa shape index (κ2) is 7.48. The lowest BCUT2D eigenvalue weighted by atomic mass is 9.97. The van der Waals surface area contributed by atoms with E-state index in [1.54, 1.807) is 0 Å². The van der Waals surface area contributed by atoms with Crippen LogP contribution in [-0.4, -0.2) is 35.2 Å². The molecule has 0 aromatic rings. The van der Waals surface area contributed by atoms with Gasteiger partial charge in [0.2, 0.25) is 5.91 Å². The predicted octanol–water partition coefficient (Wildman–Crippen LogP) is 2.10. The third kappa shape index (κ3) is 7.15. The molecule has 0 aromatic heterocycles. The first kappa shape index (κ1) is 16.0. The van der Waals surface area contributed by atoms with Gasteiger partial charge in [0.05, 0.1) is 6.10 Å². The van der Waals surface area contributed by atoms with Crippen molar-refractivity contribution in [2.24, 2.45) is 0 Å². The Balaban J connectivity index is 2.23. The van der Waals surface area contributed by atoms with Crippen molar-refractivity contribution >= 4 is 11.9 Å². The van der Waals surface area contributed by atoms with E-state index in [1.165, 1.54) is 6.42 Å². The van der Waals surface area contributed by atoms with Gasteiger partial charge in [-0.2, -0.15) is 0 Å². The Morgan fingerprint density at radius 3 is 2.63 bits per heavy atom. The molecular weight excluding hydrogens is 246 g/mol. The summed E-state index contributed by atoms with van der Waals surface area (Å²) in [4.78, 5) is 22.4. The number of carboxylic acids is 1. The van der Waals surface area contributed by atoms with Gasteiger partial charge in [-0.3, -0.25) is 9.59 Å². The number of carbonyl (C=O) groups is 2. The molecule has 1 aliphatic heterocycles. The minimum absolute atomic E-state index is 0.0236. The average molecular weight is 271 g/mol. The number of amides is 1. The number of carboxylic acid groups (broad SMARTS) is 1. The molecule has 1 saturated heterocycles. The largest absolute Gasteiger partial charge is 0.481 e. The Bertz CT molecular complexity index is 309. The third-order valence-electron chi connectivity index (χ3n) is 3.41. The van der Waals surface area contributed by atoms with Crippen LogP contribution in [-0.2, 0) is 14.3 Å². The fraction of sp³-hybridized carbons (Fsp3) is 0.857. The zero-order valence-electron chi connectivity index (χ0n) is 11.9. The molecular formula is C14H25NO4. The van der Waals surface area contributed by atoms with Crippen molar-refractivity contribution < 1.29 is 19.4 Å². The van der Waals surface area contributed by atoms with E-state index in [9.17, 15) is 9.59 Å². The molecule has 1 aliphatic rings. The topological polar surface area (TPSA) is 75.6 Å². The molecule has 0 aliphatic carbocycles. The normalized spacial score (nSPS) is 20.0. The summed E-state index contributed by atoms with van der Waals surface area (Å²) in [5, 5.41) is 11.5. The molecule has 1 amide bonds. The van der Waals surface area contributed by atoms with Crippen molar-refractivity contribution in [1.29, 1.82) is 0 Å². The van der Waals surface area contributed by atoms with Crippen molar-refractivity contribution in [3.05, 3.63) is 0 Å². The highest BCUT2D eigenvalue weighted by atomic mass is 16.5. The smallest absolute Gasteiger partial charge is 0.303 e. The lowest BCUT2D eigenvalue weighted by Gasteiger charge is -2.27. The summed E-state index contributed by atoms with van der Waals surface area (Å²) in [6, 6.07) is 0. The number of ether oxygens (including phenoxy) is 1. The monoisotopic (exact) mass is 271 g/mol. The number of hydrogen-bond acceptors (Lipinski definition) is 3. The number of aliphatic carboxylic acids is 1. The molecule has 19 heavy (non-hydrogen) atoms. The molecule has 1 fully saturated rings. The van der Waals surface area contributed by atoms with Crippen LogP contribution < -0.4 is 5.32 Å². The summed E-state index contributed by atoms with van der Waals surface area (Å²) in [5.41, 5.74) is -0.469. The van der Waals surface area contributed by atoms with Gasteiger partial charge in [0, 0.05) is 25.0 Å². The fourth-order valence-corrected chi connectivity index (χ4v) is 2.25. The minimum atomic E-state index is -0.835. The van der Waals surface area contributed by atoms with Gasteiger partial charge in [-0.25, -0.2) is 0 Å². The van der Waals surface area contributed by atoms with Gasteiger partial charge >= 0.3 is 5.97 Å². The second-order valence-corrected chi connectivity index (χ2v) is 5.85. The van der Waals surface area contributed by atoms with Crippen molar-refractivity contribution in [3.63, 3.8) is 0 Å². The maximum Gasteiger partial charge on any atom is 0.303 e. The number of nitrogens with one attached hydrogen (secondary N) is 1. The maximum absolute atomic E-state index is 11.8.